The zero-order chi connectivity index (χ0) is 9.76. The largest absolute Gasteiger partial charge is 1.00 e. The van der Waals surface area contributed by atoms with Crippen LogP contribution in [0.1, 0.15) is 45.4 Å². The van der Waals surface area contributed by atoms with Crippen molar-refractivity contribution in [3.8, 4) is 0 Å². The molecule has 15 heavy (non-hydrogen) atoms. The molecule has 78 valence electrons. The molecule has 0 aromatic heterocycles. The van der Waals surface area contributed by atoms with E-state index in [0.717, 1.165) is 17.8 Å². The molecule has 0 aromatic rings. The minimum absolute atomic E-state index is 0. The molecular formula is C13H19LiO. The van der Waals surface area contributed by atoms with E-state index in [9.17, 15) is 5.11 Å². The zero-order valence-electron chi connectivity index (χ0n) is 9.96. The van der Waals surface area contributed by atoms with Gasteiger partial charge in [-0.3, -0.25) is 0 Å². The van der Waals surface area contributed by atoms with Crippen molar-refractivity contribution in [2.75, 3.05) is 0 Å². The molecule has 4 aliphatic carbocycles. The van der Waals surface area contributed by atoms with E-state index in [2.05, 4.69) is 0 Å². The summed E-state index contributed by atoms with van der Waals surface area (Å²) >= 11 is 0. The van der Waals surface area contributed by atoms with E-state index in [1.165, 1.54) is 38.5 Å². The summed E-state index contributed by atoms with van der Waals surface area (Å²) < 4.78 is 0. The molecule has 0 radical (unpaired) electrons. The average molecular weight is 198 g/mol. The first kappa shape index (κ1) is 11.6. The van der Waals surface area contributed by atoms with Gasteiger partial charge in [-0.05, 0) is 68.6 Å². The molecule has 4 rings (SSSR count). The Kier molecular flexibility index (Phi) is 2.99. The molecule has 0 saturated heterocycles. The van der Waals surface area contributed by atoms with Crippen molar-refractivity contribution in [3.63, 3.8) is 0 Å². The van der Waals surface area contributed by atoms with Gasteiger partial charge in [0.05, 0.1) is 0 Å². The van der Waals surface area contributed by atoms with Crippen molar-refractivity contribution >= 4 is 0 Å². The molecule has 0 unspecified atom stereocenters. The van der Waals surface area contributed by atoms with Crippen molar-refractivity contribution in [2.45, 2.75) is 45.4 Å². The quantitative estimate of drug-likeness (QED) is 0.410. The predicted molar refractivity (Wildman–Crippen MR) is 54.4 cm³/mol. The Morgan fingerprint density at radius 3 is 1.80 bits per heavy atom. The minimum Gasteiger partial charge on any atom is -0.875 e. The minimum atomic E-state index is 0. The summed E-state index contributed by atoms with van der Waals surface area (Å²) in [5, 5.41) is 12.0. The summed E-state index contributed by atoms with van der Waals surface area (Å²) in [5.41, 5.74) is 0.115. The molecule has 1 nitrogen and oxygen atoms in total. The second-order valence-electron chi connectivity index (χ2n) is 5.85. The summed E-state index contributed by atoms with van der Waals surface area (Å²) in [5.74, 6) is 3.14. The summed E-state index contributed by atoms with van der Waals surface area (Å²) in [6.45, 7) is 1.92. The van der Waals surface area contributed by atoms with Crippen LogP contribution >= 0.6 is 0 Å². The maximum atomic E-state index is 12.0. The third kappa shape index (κ3) is 1.69. The van der Waals surface area contributed by atoms with Crippen molar-refractivity contribution in [3.05, 3.63) is 11.8 Å². The van der Waals surface area contributed by atoms with Crippen LogP contribution in [0.5, 0.6) is 0 Å². The van der Waals surface area contributed by atoms with Crippen LogP contribution in [0.4, 0.5) is 0 Å². The van der Waals surface area contributed by atoms with E-state index in [1.54, 1.807) is 0 Å². The van der Waals surface area contributed by atoms with Crippen LogP contribution in [-0.4, -0.2) is 0 Å². The molecule has 0 atom stereocenters. The first-order valence-electron chi connectivity index (χ1n) is 6.06. The Balaban J connectivity index is 0.000000853. The van der Waals surface area contributed by atoms with Crippen molar-refractivity contribution in [1.29, 1.82) is 0 Å². The van der Waals surface area contributed by atoms with Crippen LogP contribution in [0.2, 0.25) is 0 Å². The maximum absolute atomic E-state index is 12.0. The molecule has 4 saturated carbocycles. The Labute approximate surface area is 105 Å². The van der Waals surface area contributed by atoms with E-state index in [4.69, 9.17) is 0 Å². The van der Waals surface area contributed by atoms with E-state index in [-0.39, 0.29) is 24.3 Å². The van der Waals surface area contributed by atoms with Gasteiger partial charge in [-0.1, -0.05) is 6.08 Å². The molecule has 0 aliphatic heterocycles. The van der Waals surface area contributed by atoms with Crippen LogP contribution in [-0.2, 0) is 0 Å². The summed E-state index contributed by atoms with van der Waals surface area (Å²) in [6.07, 6.45) is 9.74. The second-order valence-corrected chi connectivity index (χ2v) is 5.85. The van der Waals surface area contributed by atoms with E-state index < -0.39 is 0 Å². The second kappa shape index (κ2) is 3.86. The standard InChI is InChI=1S/C13H20O.Li/c1-2-12(14)13-6-9-3-10(7-13)5-11(4-9)8-13;/h2,9-11,14H,3-8H2,1H3;/q;+1/p-1/b12-2-;. The zero-order valence-corrected chi connectivity index (χ0v) is 9.96. The van der Waals surface area contributed by atoms with Crippen molar-refractivity contribution < 1.29 is 24.0 Å². The van der Waals surface area contributed by atoms with Gasteiger partial charge in [0, 0.05) is 0 Å². The van der Waals surface area contributed by atoms with Crippen LogP contribution < -0.4 is 24.0 Å². The Hall–Kier alpha value is 0.137. The third-order valence-electron chi connectivity index (χ3n) is 4.82. The van der Waals surface area contributed by atoms with Gasteiger partial charge < -0.3 is 5.11 Å². The molecule has 0 spiro atoms. The fourth-order valence-electron chi connectivity index (χ4n) is 4.72. The summed E-state index contributed by atoms with van der Waals surface area (Å²) in [7, 11) is 0. The Morgan fingerprint density at radius 2 is 1.47 bits per heavy atom. The number of allylic oxidation sites excluding steroid dienone is 2. The fourth-order valence-corrected chi connectivity index (χ4v) is 4.72. The van der Waals surface area contributed by atoms with E-state index >= 15 is 0 Å². The number of rotatable bonds is 1. The first-order valence-corrected chi connectivity index (χ1v) is 6.06. The van der Waals surface area contributed by atoms with Gasteiger partial charge in [0.2, 0.25) is 0 Å². The third-order valence-corrected chi connectivity index (χ3v) is 4.82. The molecule has 0 N–H and O–H groups in total. The van der Waals surface area contributed by atoms with Gasteiger partial charge >= 0.3 is 18.9 Å². The van der Waals surface area contributed by atoms with Crippen molar-refractivity contribution in [2.24, 2.45) is 23.2 Å². The van der Waals surface area contributed by atoms with E-state index in [0.29, 0.717) is 5.76 Å². The monoisotopic (exact) mass is 198 g/mol. The van der Waals surface area contributed by atoms with E-state index in [1.807, 2.05) is 13.0 Å². The van der Waals surface area contributed by atoms with Crippen LogP contribution in [0.3, 0.4) is 0 Å². The predicted octanol–water partition coefficient (Wildman–Crippen LogP) is -0.529. The maximum Gasteiger partial charge on any atom is 1.00 e. The topological polar surface area (TPSA) is 23.1 Å². The van der Waals surface area contributed by atoms with Crippen LogP contribution in [0.15, 0.2) is 11.8 Å². The van der Waals surface area contributed by atoms with Crippen LogP contribution in [0, 0.1) is 23.2 Å². The van der Waals surface area contributed by atoms with Gasteiger partial charge in [0.1, 0.15) is 0 Å². The molecule has 0 amide bonds. The van der Waals surface area contributed by atoms with Gasteiger partial charge in [-0.25, -0.2) is 0 Å². The van der Waals surface area contributed by atoms with Gasteiger partial charge in [0.15, 0.2) is 0 Å². The molecule has 0 heterocycles. The molecule has 0 aromatic carbocycles. The fraction of sp³-hybridized carbons (Fsp3) is 0.846. The summed E-state index contributed by atoms with van der Waals surface area (Å²) in [4.78, 5) is 0. The van der Waals surface area contributed by atoms with Crippen LogP contribution in [0.25, 0.3) is 0 Å². The SMILES string of the molecule is C/C=C(\[O-])C12CC3CC(CC(C3)C1)C2.[Li+]. The molecular weight excluding hydrogens is 179 g/mol. The average Bonchev–Trinajstić information content (AvgIpc) is 2.14. The molecule has 4 fully saturated rings. The molecule has 4 bridgehead atoms. The Bertz CT molecular complexity index is 247. The number of hydrogen-bond donors (Lipinski definition) is 0. The molecule has 4 aliphatic rings. The van der Waals surface area contributed by atoms with Gasteiger partial charge in [-0.15, -0.1) is 5.76 Å². The number of hydrogen-bond acceptors (Lipinski definition) is 1. The van der Waals surface area contributed by atoms with Crippen molar-refractivity contribution in [1.82, 2.24) is 0 Å². The van der Waals surface area contributed by atoms with Gasteiger partial charge in [-0.2, -0.15) is 0 Å². The summed E-state index contributed by atoms with van der Waals surface area (Å²) in [6, 6.07) is 0. The first-order chi connectivity index (χ1) is 6.72. The smallest absolute Gasteiger partial charge is 0.875 e. The molecule has 2 heteroatoms. The normalized spacial score (nSPS) is 47.8. The Morgan fingerprint density at radius 1 is 1.07 bits per heavy atom. The van der Waals surface area contributed by atoms with Gasteiger partial charge in [0.25, 0.3) is 0 Å².